The zero-order valence-electron chi connectivity index (χ0n) is 15.2. The molecular formula is C23H23N3. The van der Waals surface area contributed by atoms with Crippen LogP contribution in [0.2, 0.25) is 0 Å². The van der Waals surface area contributed by atoms with Gasteiger partial charge in [0.25, 0.3) is 0 Å². The zero-order valence-corrected chi connectivity index (χ0v) is 15.2. The van der Waals surface area contributed by atoms with Crippen molar-refractivity contribution in [3.8, 4) is 22.4 Å². The number of aryl methyl sites for hydroxylation is 1. The summed E-state index contributed by atoms with van der Waals surface area (Å²) in [7, 11) is 0. The van der Waals surface area contributed by atoms with E-state index in [1.54, 1.807) is 0 Å². The normalized spacial score (nSPS) is 12.4. The van der Waals surface area contributed by atoms with E-state index in [9.17, 15) is 0 Å². The Balaban J connectivity index is 1.83. The summed E-state index contributed by atoms with van der Waals surface area (Å²) in [4.78, 5) is 4.90. The Morgan fingerprint density at radius 1 is 0.885 bits per heavy atom. The van der Waals surface area contributed by atoms with Crippen LogP contribution in [0.1, 0.15) is 24.1 Å². The highest BCUT2D eigenvalue weighted by atomic mass is 15.0. The molecule has 0 bridgehead atoms. The van der Waals surface area contributed by atoms with Crippen LogP contribution in [0.15, 0.2) is 72.9 Å². The van der Waals surface area contributed by atoms with Gasteiger partial charge in [-0.3, -0.25) is 0 Å². The maximum atomic E-state index is 6.00. The summed E-state index contributed by atoms with van der Waals surface area (Å²) in [6.07, 6.45) is 2.14. The van der Waals surface area contributed by atoms with Gasteiger partial charge >= 0.3 is 0 Å². The summed E-state index contributed by atoms with van der Waals surface area (Å²) in [5.74, 6) is 0.232. The van der Waals surface area contributed by atoms with E-state index in [0.29, 0.717) is 6.54 Å². The number of nitrogens with two attached hydrogens (primary N) is 1. The van der Waals surface area contributed by atoms with E-state index in [1.165, 1.54) is 22.4 Å². The zero-order chi connectivity index (χ0) is 18.1. The monoisotopic (exact) mass is 341 g/mol. The molecular weight excluding hydrogens is 318 g/mol. The third-order valence-corrected chi connectivity index (χ3v) is 4.89. The SMILES string of the molecule is Cc1ccc2nc(-c3ccc(-c4ccccc4)cc3)c(C(C)CN)n2c1. The average Bonchev–Trinajstić information content (AvgIpc) is 3.07. The summed E-state index contributed by atoms with van der Waals surface area (Å²) >= 11 is 0. The molecule has 0 amide bonds. The topological polar surface area (TPSA) is 43.3 Å². The second-order valence-electron chi connectivity index (χ2n) is 6.86. The standard InChI is InChI=1S/C23H23N3/c1-16-8-13-21-25-22(23(17(2)14-24)26(21)15-16)20-11-9-19(10-12-20)18-6-4-3-5-7-18/h3-13,15,17H,14,24H2,1-2H3. The highest BCUT2D eigenvalue weighted by Gasteiger charge is 2.18. The van der Waals surface area contributed by atoms with Gasteiger partial charge in [-0.15, -0.1) is 0 Å². The lowest BCUT2D eigenvalue weighted by molar-refractivity contribution is 0.738. The predicted octanol–water partition coefficient (Wildman–Crippen LogP) is 5.04. The number of hydrogen-bond donors (Lipinski definition) is 1. The molecule has 2 heterocycles. The maximum Gasteiger partial charge on any atom is 0.137 e. The first-order valence-electron chi connectivity index (χ1n) is 9.02. The van der Waals surface area contributed by atoms with Gasteiger partial charge in [-0.1, -0.05) is 67.6 Å². The summed E-state index contributed by atoms with van der Waals surface area (Å²) in [5, 5.41) is 0. The van der Waals surface area contributed by atoms with Crippen LogP contribution in [0.25, 0.3) is 28.0 Å². The van der Waals surface area contributed by atoms with Gasteiger partial charge in [-0.2, -0.15) is 0 Å². The molecule has 130 valence electrons. The first-order chi connectivity index (χ1) is 12.7. The molecule has 0 fully saturated rings. The van der Waals surface area contributed by atoms with E-state index < -0.39 is 0 Å². The third-order valence-electron chi connectivity index (χ3n) is 4.89. The van der Waals surface area contributed by atoms with Crippen molar-refractivity contribution in [3.05, 3.63) is 84.2 Å². The fraction of sp³-hybridized carbons (Fsp3) is 0.174. The van der Waals surface area contributed by atoms with Crippen LogP contribution in [0.3, 0.4) is 0 Å². The molecule has 0 radical (unpaired) electrons. The first-order valence-corrected chi connectivity index (χ1v) is 9.02. The predicted molar refractivity (Wildman–Crippen MR) is 108 cm³/mol. The Morgan fingerprint density at radius 3 is 2.23 bits per heavy atom. The van der Waals surface area contributed by atoms with Gasteiger partial charge in [0.1, 0.15) is 5.65 Å². The number of fused-ring (bicyclic) bond motifs is 1. The molecule has 3 heteroatoms. The van der Waals surface area contributed by atoms with E-state index in [0.717, 1.165) is 16.9 Å². The Kier molecular flexibility index (Phi) is 4.31. The Bertz CT molecular complexity index is 1030. The van der Waals surface area contributed by atoms with E-state index in [-0.39, 0.29) is 5.92 Å². The van der Waals surface area contributed by atoms with Gasteiger partial charge in [0.2, 0.25) is 0 Å². The van der Waals surface area contributed by atoms with Crippen LogP contribution in [-0.4, -0.2) is 15.9 Å². The number of pyridine rings is 1. The molecule has 0 saturated heterocycles. The highest BCUT2D eigenvalue weighted by Crippen LogP contribution is 2.31. The maximum absolute atomic E-state index is 6.00. The van der Waals surface area contributed by atoms with Crippen molar-refractivity contribution in [1.82, 2.24) is 9.38 Å². The number of hydrogen-bond acceptors (Lipinski definition) is 2. The van der Waals surface area contributed by atoms with Crippen molar-refractivity contribution in [2.24, 2.45) is 5.73 Å². The molecule has 3 nitrogen and oxygen atoms in total. The fourth-order valence-electron chi connectivity index (χ4n) is 3.42. The van der Waals surface area contributed by atoms with Gasteiger partial charge in [-0.05, 0) is 29.7 Å². The molecule has 0 aliphatic rings. The molecule has 1 unspecified atom stereocenters. The van der Waals surface area contributed by atoms with Crippen molar-refractivity contribution in [2.45, 2.75) is 19.8 Å². The first kappa shape index (κ1) is 16.6. The van der Waals surface area contributed by atoms with Crippen molar-refractivity contribution < 1.29 is 0 Å². The number of nitrogens with zero attached hydrogens (tertiary/aromatic N) is 2. The molecule has 1 atom stereocenters. The van der Waals surface area contributed by atoms with Crippen molar-refractivity contribution in [3.63, 3.8) is 0 Å². The summed E-state index contributed by atoms with van der Waals surface area (Å²) in [6.45, 7) is 4.86. The van der Waals surface area contributed by atoms with Crippen LogP contribution in [0.5, 0.6) is 0 Å². The highest BCUT2D eigenvalue weighted by molar-refractivity contribution is 5.72. The second kappa shape index (κ2) is 6.77. The number of benzene rings is 2. The molecule has 2 aromatic heterocycles. The second-order valence-corrected chi connectivity index (χ2v) is 6.86. The van der Waals surface area contributed by atoms with Gasteiger partial charge < -0.3 is 10.1 Å². The molecule has 0 aliphatic carbocycles. The lowest BCUT2D eigenvalue weighted by Gasteiger charge is -2.12. The summed E-state index contributed by atoms with van der Waals surface area (Å²) < 4.78 is 2.19. The Labute approximate surface area is 154 Å². The van der Waals surface area contributed by atoms with Crippen LogP contribution in [-0.2, 0) is 0 Å². The van der Waals surface area contributed by atoms with Crippen LogP contribution < -0.4 is 5.73 Å². The Morgan fingerprint density at radius 2 is 1.54 bits per heavy atom. The van der Waals surface area contributed by atoms with Gasteiger partial charge in [0, 0.05) is 24.2 Å². The minimum atomic E-state index is 0.232. The minimum absolute atomic E-state index is 0.232. The summed E-state index contributed by atoms with van der Waals surface area (Å²) in [5.41, 5.74) is 13.9. The number of aromatic nitrogens is 2. The smallest absolute Gasteiger partial charge is 0.137 e. The number of imidazole rings is 1. The van der Waals surface area contributed by atoms with Gasteiger partial charge in [0.05, 0.1) is 11.4 Å². The quantitative estimate of drug-likeness (QED) is 0.565. The molecule has 0 spiro atoms. The lowest BCUT2D eigenvalue weighted by atomic mass is 9.99. The molecule has 4 rings (SSSR count). The fourth-order valence-corrected chi connectivity index (χ4v) is 3.42. The molecule has 0 aliphatic heterocycles. The van der Waals surface area contributed by atoms with Crippen molar-refractivity contribution in [1.29, 1.82) is 0 Å². The Hall–Kier alpha value is -2.91. The molecule has 26 heavy (non-hydrogen) atoms. The van der Waals surface area contributed by atoms with E-state index in [2.05, 4.69) is 85.1 Å². The third kappa shape index (κ3) is 2.91. The molecule has 0 saturated carbocycles. The average molecular weight is 341 g/mol. The van der Waals surface area contributed by atoms with Crippen LogP contribution in [0.4, 0.5) is 0 Å². The van der Waals surface area contributed by atoms with E-state index in [1.807, 2.05) is 6.07 Å². The molecule has 2 aromatic carbocycles. The molecule has 4 aromatic rings. The van der Waals surface area contributed by atoms with Gasteiger partial charge in [-0.25, -0.2) is 4.98 Å². The van der Waals surface area contributed by atoms with Crippen molar-refractivity contribution in [2.75, 3.05) is 6.54 Å². The minimum Gasteiger partial charge on any atom is -0.330 e. The molecule has 2 N–H and O–H groups in total. The largest absolute Gasteiger partial charge is 0.330 e. The van der Waals surface area contributed by atoms with E-state index >= 15 is 0 Å². The lowest BCUT2D eigenvalue weighted by Crippen LogP contribution is -2.12. The summed E-state index contributed by atoms with van der Waals surface area (Å²) in [6, 6.07) is 23.2. The van der Waals surface area contributed by atoms with Crippen LogP contribution >= 0.6 is 0 Å². The van der Waals surface area contributed by atoms with Gasteiger partial charge in [0.15, 0.2) is 0 Å². The van der Waals surface area contributed by atoms with Crippen molar-refractivity contribution >= 4 is 5.65 Å². The van der Waals surface area contributed by atoms with Crippen LogP contribution in [0, 0.1) is 6.92 Å². The number of rotatable bonds is 4. The van der Waals surface area contributed by atoms with E-state index in [4.69, 9.17) is 10.7 Å².